The Labute approximate surface area is 171 Å². The van der Waals surface area contributed by atoms with E-state index in [0.29, 0.717) is 29.9 Å². The monoisotopic (exact) mass is 434 g/mol. The third kappa shape index (κ3) is 7.24. The SMILES string of the molecule is O=C(CC1C2CCCC1CN(CCO)C2)Nc1cccc(F)c1.O=C(O)C(F)(F)F. The number of piperidine rings is 1. The number of aliphatic hydroxyl groups is 1. The molecule has 0 radical (unpaired) electrons. The number of β-amino-alcohol motifs (C(OH)–C–C–N with tert-alkyl or cyclic N) is 1. The highest BCUT2D eigenvalue weighted by Gasteiger charge is 2.40. The molecule has 1 heterocycles. The van der Waals surface area contributed by atoms with Crippen molar-refractivity contribution in [1.29, 1.82) is 0 Å². The Hall–Kier alpha value is -2.20. The minimum atomic E-state index is -5.08. The number of carbonyl (C=O) groups is 2. The Morgan fingerprint density at radius 1 is 1.17 bits per heavy atom. The van der Waals surface area contributed by atoms with Gasteiger partial charge in [-0.25, -0.2) is 9.18 Å². The predicted molar refractivity (Wildman–Crippen MR) is 101 cm³/mol. The van der Waals surface area contributed by atoms with Crippen LogP contribution in [0.1, 0.15) is 25.7 Å². The topological polar surface area (TPSA) is 89.9 Å². The number of hydrogen-bond acceptors (Lipinski definition) is 4. The van der Waals surface area contributed by atoms with Crippen LogP contribution in [0, 0.1) is 23.6 Å². The van der Waals surface area contributed by atoms with Gasteiger partial charge in [-0.2, -0.15) is 13.2 Å². The second-order valence-corrected chi connectivity index (χ2v) is 7.66. The van der Waals surface area contributed by atoms with Gasteiger partial charge in [-0.05, 0) is 48.8 Å². The maximum absolute atomic E-state index is 13.2. The first-order valence-corrected chi connectivity index (χ1v) is 9.79. The molecule has 2 unspecified atom stereocenters. The molecule has 30 heavy (non-hydrogen) atoms. The summed E-state index contributed by atoms with van der Waals surface area (Å²) in [6, 6.07) is 6.04. The molecule has 6 nitrogen and oxygen atoms in total. The zero-order valence-electron chi connectivity index (χ0n) is 16.4. The molecule has 0 aromatic heterocycles. The zero-order chi connectivity index (χ0) is 22.3. The first-order valence-electron chi connectivity index (χ1n) is 9.79. The van der Waals surface area contributed by atoms with E-state index >= 15 is 0 Å². The van der Waals surface area contributed by atoms with Crippen LogP contribution in [0.2, 0.25) is 0 Å². The number of nitrogens with one attached hydrogen (secondary N) is 1. The van der Waals surface area contributed by atoms with Gasteiger partial charge in [-0.3, -0.25) is 4.79 Å². The molecule has 1 amide bonds. The molecule has 10 heteroatoms. The molecule has 2 atom stereocenters. The van der Waals surface area contributed by atoms with Crippen molar-refractivity contribution < 1.29 is 37.4 Å². The summed E-state index contributed by atoms with van der Waals surface area (Å²) in [5.41, 5.74) is 0.526. The first kappa shape index (κ1) is 24.1. The largest absolute Gasteiger partial charge is 0.490 e. The summed E-state index contributed by atoms with van der Waals surface area (Å²) >= 11 is 0. The lowest BCUT2D eigenvalue weighted by atomic mass is 9.67. The van der Waals surface area contributed by atoms with E-state index in [4.69, 9.17) is 15.0 Å². The van der Waals surface area contributed by atoms with Gasteiger partial charge in [0.15, 0.2) is 0 Å². The number of aliphatic hydroxyl groups excluding tert-OH is 1. The number of benzene rings is 1. The summed E-state index contributed by atoms with van der Waals surface area (Å²) in [6.07, 6.45) is -1.00. The molecule has 1 aliphatic heterocycles. The number of nitrogens with zero attached hydrogens (tertiary/aromatic N) is 1. The van der Waals surface area contributed by atoms with Crippen LogP contribution < -0.4 is 5.32 Å². The fourth-order valence-electron chi connectivity index (χ4n) is 4.30. The van der Waals surface area contributed by atoms with Gasteiger partial charge in [-0.1, -0.05) is 12.5 Å². The maximum Gasteiger partial charge on any atom is 0.490 e. The minimum Gasteiger partial charge on any atom is -0.475 e. The van der Waals surface area contributed by atoms with Crippen molar-refractivity contribution in [1.82, 2.24) is 4.90 Å². The number of rotatable bonds is 5. The number of amides is 1. The molecule has 0 spiro atoms. The van der Waals surface area contributed by atoms with Crippen LogP contribution in [-0.4, -0.2) is 59.4 Å². The third-order valence-electron chi connectivity index (χ3n) is 5.53. The fraction of sp³-hybridized carbons (Fsp3) is 0.600. The van der Waals surface area contributed by atoms with E-state index < -0.39 is 12.1 Å². The Bertz CT molecular complexity index is 715. The molecule has 1 saturated carbocycles. The molecular formula is C20H26F4N2O4. The minimum absolute atomic E-state index is 0.0203. The molecule has 3 N–H and O–H groups in total. The van der Waals surface area contributed by atoms with Crippen molar-refractivity contribution in [3.63, 3.8) is 0 Å². The number of hydrogen-bond donors (Lipinski definition) is 3. The van der Waals surface area contributed by atoms with Gasteiger partial charge in [0.05, 0.1) is 6.61 Å². The second-order valence-electron chi connectivity index (χ2n) is 7.66. The van der Waals surface area contributed by atoms with Crippen molar-refractivity contribution in [2.75, 3.05) is 31.6 Å². The van der Waals surface area contributed by atoms with Gasteiger partial charge in [-0.15, -0.1) is 0 Å². The quantitative estimate of drug-likeness (QED) is 0.620. The number of halogens is 4. The molecular weight excluding hydrogens is 408 g/mol. The Morgan fingerprint density at radius 2 is 1.77 bits per heavy atom. The molecule has 168 valence electrons. The van der Waals surface area contributed by atoms with Crippen LogP contribution in [0.3, 0.4) is 0 Å². The third-order valence-corrected chi connectivity index (χ3v) is 5.53. The van der Waals surface area contributed by atoms with Crippen LogP contribution in [0.25, 0.3) is 0 Å². The van der Waals surface area contributed by atoms with Crippen molar-refractivity contribution in [3.8, 4) is 0 Å². The number of alkyl halides is 3. The van der Waals surface area contributed by atoms with E-state index in [1.807, 2.05) is 0 Å². The van der Waals surface area contributed by atoms with Gasteiger partial charge in [0.1, 0.15) is 5.82 Å². The fourth-order valence-corrected chi connectivity index (χ4v) is 4.30. The van der Waals surface area contributed by atoms with E-state index in [0.717, 1.165) is 32.5 Å². The highest BCUT2D eigenvalue weighted by atomic mass is 19.4. The number of fused-ring (bicyclic) bond motifs is 2. The lowest BCUT2D eigenvalue weighted by molar-refractivity contribution is -0.192. The normalized spacial score (nSPS) is 23.8. The maximum atomic E-state index is 13.2. The summed E-state index contributed by atoms with van der Waals surface area (Å²) in [5.74, 6) is -1.63. The molecule has 1 aliphatic carbocycles. The van der Waals surface area contributed by atoms with E-state index in [1.165, 1.54) is 18.6 Å². The second kappa shape index (κ2) is 10.7. The average molecular weight is 434 g/mol. The van der Waals surface area contributed by atoms with E-state index in [-0.39, 0.29) is 18.3 Å². The van der Waals surface area contributed by atoms with Gasteiger partial charge in [0, 0.05) is 31.7 Å². The van der Waals surface area contributed by atoms with Gasteiger partial charge >= 0.3 is 12.1 Å². The number of likely N-dealkylation sites (tertiary alicyclic amines) is 1. The Kier molecular flexibility index (Phi) is 8.60. The highest BCUT2D eigenvalue weighted by Crippen LogP contribution is 2.41. The number of carboxylic acid groups (broad SMARTS) is 1. The number of aliphatic carboxylic acids is 1. The highest BCUT2D eigenvalue weighted by molar-refractivity contribution is 5.90. The molecule has 1 aromatic carbocycles. The lowest BCUT2D eigenvalue weighted by Gasteiger charge is -2.47. The molecule has 3 rings (SSSR count). The van der Waals surface area contributed by atoms with Crippen molar-refractivity contribution in [2.24, 2.45) is 17.8 Å². The van der Waals surface area contributed by atoms with Gasteiger partial charge in [0.25, 0.3) is 0 Å². The van der Waals surface area contributed by atoms with Crippen molar-refractivity contribution in [2.45, 2.75) is 31.9 Å². The first-order chi connectivity index (χ1) is 14.1. The van der Waals surface area contributed by atoms with Crippen molar-refractivity contribution in [3.05, 3.63) is 30.1 Å². The van der Waals surface area contributed by atoms with Gasteiger partial charge < -0.3 is 20.4 Å². The Balaban J connectivity index is 0.000000396. The van der Waals surface area contributed by atoms with E-state index in [2.05, 4.69) is 10.2 Å². The average Bonchev–Trinajstić information content (AvgIpc) is 2.62. The van der Waals surface area contributed by atoms with Crippen LogP contribution in [0.15, 0.2) is 24.3 Å². The smallest absolute Gasteiger partial charge is 0.475 e. The van der Waals surface area contributed by atoms with Crippen LogP contribution in [0.4, 0.5) is 23.2 Å². The molecule has 2 fully saturated rings. The van der Waals surface area contributed by atoms with E-state index in [1.54, 1.807) is 12.1 Å². The van der Waals surface area contributed by atoms with Crippen molar-refractivity contribution >= 4 is 17.6 Å². The summed E-state index contributed by atoms with van der Waals surface area (Å²) in [7, 11) is 0. The molecule has 2 aliphatic rings. The van der Waals surface area contributed by atoms with Crippen LogP contribution >= 0.6 is 0 Å². The number of carboxylic acids is 1. The molecule has 2 bridgehead atoms. The lowest BCUT2D eigenvalue weighted by Crippen LogP contribution is -2.50. The number of carbonyl (C=O) groups excluding carboxylic acids is 1. The van der Waals surface area contributed by atoms with Crippen LogP contribution in [-0.2, 0) is 9.59 Å². The van der Waals surface area contributed by atoms with E-state index in [9.17, 15) is 22.4 Å². The molecule has 1 aromatic rings. The standard InChI is InChI=1S/C18H25FN2O2.C2HF3O2/c19-15-5-2-6-16(9-15)20-18(23)10-17-13-3-1-4-14(17)12-21(11-13)7-8-22;3-2(4,5)1(6)7/h2,5-6,9,13-14,17,22H,1,3-4,7-8,10-12H2,(H,20,23);(H,6,7). The zero-order valence-corrected chi connectivity index (χ0v) is 16.4. The number of anilines is 1. The summed E-state index contributed by atoms with van der Waals surface area (Å²) in [5, 5.41) is 19.1. The summed E-state index contributed by atoms with van der Waals surface area (Å²) in [4.78, 5) is 23.6. The van der Waals surface area contributed by atoms with Crippen LogP contribution in [0.5, 0.6) is 0 Å². The summed E-state index contributed by atoms with van der Waals surface area (Å²) < 4.78 is 44.9. The predicted octanol–water partition coefficient (Wildman–Crippen LogP) is 3.13. The Morgan fingerprint density at radius 3 is 2.27 bits per heavy atom. The molecule has 1 saturated heterocycles. The van der Waals surface area contributed by atoms with Gasteiger partial charge in [0.2, 0.25) is 5.91 Å². The summed E-state index contributed by atoms with van der Waals surface area (Å²) in [6.45, 7) is 2.89.